The first-order chi connectivity index (χ1) is 21.1. The van der Waals surface area contributed by atoms with Crippen LogP contribution in [0.3, 0.4) is 0 Å². The second-order valence-corrected chi connectivity index (χ2v) is 11.5. The Morgan fingerprint density at radius 3 is 2.00 bits per heavy atom. The largest absolute Gasteiger partial charge is 0.416 e. The zero-order valence-corrected chi connectivity index (χ0v) is 24.3. The zero-order valence-electron chi connectivity index (χ0n) is 24.3. The summed E-state index contributed by atoms with van der Waals surface area (Å²) in [4.78, 5) is 30.8. The first-order valence-electron chi connectivity index (χ1n) is 14.2. The summed E-state index contributed by atoms with van der Waals surface area (Å²) in [5.74, 6) is -1.40. The number of urea groups is 1. The molecule has 1 saturated carbocycles. The molecular weight excluding hydrogens is 611 g/mol. The van der Waals surface area contributed by atoms with Gasteiger partial charge in [-0.05, 0) is 72.0 Å². The Bertz CT molecular complexity index is 1470. The van der Waals surface area contributed by atoms with E-state index >= 15 is 0 Å². The van der Waals surface area contributed by atoms with Gasteiger partial charge in [-0.1, -0.05) is 12.1 Å². The molecule has 0 N–H and O–H groups in total. The highest BCUT2D eigenvalue weighted by Crippen LogP contribution is 2.40. The Hall–Kier alpha value is -4.24. The van der Waals surface area contributed by atoms with Crippen LogP contribution < -0.4 is 4.90 Å². The molecule has 16 heteroatoms. The zero-order chi connectivity index (χ0) is 32.7. The van der Waals surface area contributed by atoms with Gasteiger partial charge in [0.05, 0.1) is 23.2 Å². The Morgan fingerprint density at radius 2 is 1.47 bits per heavy atom. The predicted octanol–water partition coefficient (Wildman–Crippen LogP) is 5.76. The standard InChI is InChI=1S/C29H30F7N7O2/c1-40(23-12-19(28(31,32)33)11-20(13-23)29(34,35)36)27(45)41(2)25-15-42(14-24(25)17-3-7-21(30)8-4-17)26(44)18-5-9-22(10-6-18)43-16-37-38-39-43/h3-4,7-8,11-13,16,18,22,24-25H,5-6,9-10,14-15H2,1-2H3/t18?,22?,24-,25+/m0/s1. The molecule has 2 fully saturated rings. The number of anilines is 1. The number of benzene rings is 2. The number of likely N-dealkylation sites (tertiary alicyclic amines) is 1. The van der Waals surface area contributed by atoms with E-state index in [0.717, 1.165) is 11.9 Å². The number of hydrogen-bond donors (Lipinski definition) is 0. The lowest BCUT2D eigenvalue weighted by atomic mass is 9.85. The summed E-state index contributed by atoms with van der Waals surface area (Å²) in [5, 5.41) is 11.2. The number of likely N-dealkylation sites (N-methyl/N-ethyl adjacent to an activating group) is 1. The first-order valence-corrected chi connectivity index (χ1v) is 14.2. The van der Waals surface area contributed by atoms with Crippen LogP contribution in [0.1, 0.15) is 54.3 Å². The molecule has 242 valence electrons. The van der Waals surface area contributed by atoms with Crippen molar-refractivity contribution in [3.05, 3.63) is 71.3 Å². The van der Waals surface area contributed by atoms with Crippen LogP contribution in [-0.2, 0) is 17.1 Å². The number of alkyl halides is 6. The van der Waals surface area contributed by atoms with Gasteiger partial charge in [0.1, 0.15) is 12.1 Å². The maximum Gasteiger partial charge on any atom is 0.416 e. The minimum absolute atomic E-state index is 0.00709. The number of rotatable bonds is 5. The lowest BCUT2D eigenvalue weighted by Crippen LogP contribution is -2.48. The summed E-state index contributed by atoms with van der Waals surface area (Å²) in [6.07, 6.45) is -6.12. The third kappa shape index (κ3) is 6.88. The van der Waals surface area contributed by atoms with E-state index in [1.165, 1.54) is 42.5 Å². The summed E-state index contributed by atoms with van der Waals surface area (Å²) in [5.41, 5.74) is -3.07. The van der Waals surface area contributed by atoms with Crippen molar-refractivity contribution in [2.24, 2.45) is 5.92 Å². The van der Waals surface area contributed by atoms with Crippen molar-refractivity contribution in [2.45, 2.75) is 56.0 Å². The first kappa shape index (κ1) is 32.2. The van der Waals surface area contributed by atoms with Crippen LogP contribution in [0.5, 0.6) is 0 Å². The molecule has 0 unspecified atom stereocenters. The second kappa shape index (κ2) is 12.3. The molecule has 0 spiro atoms. The average Bonchev–Trinajstić information content (AvgIpc) is 3.70. The number of amides is 3. The van der Waals surface area contributed by atoms with E-state index < -0.39 is 53.0 Å². The van der Waals surface area contributed by atoms with Crippen LogP contribution in [0.4, 0.5) is 41.2 Å². The Kier molecular flexibility index (Phi) is 8.77. The van der Waals surface area contributed by atoms with E-state index in [9.17, 15) is 40.3 Å². The summed E-state index contributed by atoms with van der Waals surface area (Å²) in [6.45, 7) is 0.255. The van der Waals surface area contributed by atoms with Crippen molar-refractivity contribution in [1.29, 1.82) is 0 Å². The number of aromatic nitrogens is 4. The highest BCUT2D eigenvalue weighted by molar-refractivity contribution is 5.92. The molecule has 1 aliphatic heterocycles. The predicted molar refractivity (Wildman–Crippen MR) is 146 cm³/mol. The summed E-state index contributed by atoms with van der Waals surface area (Å²) in [7, 11) is 2.46. The van der Waals surface area contributed by atoms with Gasteiger partial charge < -0.3 is 9.80 Å². The number of carbonyl (C=O) groups excluding carboxylic acids is 2. The smallest absolute Gasteiger partial charge is 0.340 e. The van der Waals surface area contributed by atoms with E-state index in [1.54, 1.807) is 9.58 Å². The number of halogens is 7. The van der Waals surface area contributed by atoms with E-state index in [0.29, 0.717) is 43.4 Å². The lowest BCUT2D eigenvalue weighted by molar-refractivity contribution is -0.143. The number of nitrogens with zero attached hydrogens (tertiary/aromatic N) is 7. The Labute approximate surface area is 253 Å². The summed E-state index contributed by atoms with van der Waals surface area (Å²) < 4.78 is 96.3. The monoisotopic (exact) mass is 641 g/mol. The molecule has 45 heavy (non-hydrogen) atoms. The molecule has 0 radical (unpaired) electrons. The fourth-order valence-electron chi connectivity index (χ4n) is 6.20. The van der Waals surface area contributed by atoms with Crippen LogP contribution in [0, 0.1) is 11.7 Å². The second-order valence-electron chi connectivity index (χ2n) is 11.5. The van der Waals surface area contributed by atoms with Crippen molar-refractivity contribution in [3.63, 3.8) is 0 Å². The molecule has 2 aromatic carbocycles. The van der Waals surface area contributed by atoms with Gasteiger partial charge >= 0.3 is 18.4 Å². The van der Waals surface area contributed by atoms with E-state index in [-0.39, 0.29) is 37.0 Å². The topological polar surface area (TPSA) is 87.5 Å². The molecule has 5 rings (SSSR count). The lowest BCUT2D eigenvalue weighted by Gasteiger charge is -2.33. The van der Waals surface area contributed by atoms with Gasteiger partial charge in [0.2, 0.25) is 5.91 Å². The molecule has 2 heterocycles. The minimum atomic E-state index is -5.09. The third-order valence-electron chi connectivity index (χ3n) is 8.73. The van der Waals surface area contributed by atoms with Gasteiger partial charge in [-0.3, -0.25) is 9.69 Å². The number of carbonyl (C=O) groups is 2. The maximum absolute atomic E-state index is 13.8. The summed E-state index contributed by atoms with van der Waals surface area (Å²) >= 11 is 0. The SMILES string of the molecule is CN(C(=O)N(C)[C@@H]1CN(C(=O)C2CCC(n3cnnn3)CC2)C[C@H]1c1ccc(F)cc1)c1cc(C(F)(F)F)cc(C(F)(F)F)c1. The van der Waals surface area contributed by atoms with Crippen LogP contribution in [0.15, 0.2) is 48.8 Å². The Balaban J connectivity index is 1.37. The van der Waals surface area contributed by atoms with Crippen molar-refractivity contribution in [3.8, 4) is 0 Å². The number of tetrazole rings is 1. The average molecular weight is 642 g/mol. The molecule has 0 bridgehead atoms. The van der Waals surface area contributed by atoms with Crippen LogP contribution >= 0.6 is 0 Å². The van der Waals surface area contributed by atoms with Gasteiger partial charge in [0.25, 0.3) is 0 Å². The van der Waals surface area contributed by atoms with E-state index in [1.807, 2.05) is 0 Å². The fourth-order valence-corrected chi connectivity index (χ4v) is 6.20. The van der Waals surface area contributed by atoms with Crippen molar-refractivity contribution < 1.29 is 40.3 Å². The molecule has 1 aromatic heterocycles. The molecule has 2 atom stereocenters. The molecule has 2 aliphatic rings. The summed E-state index contributed by atoms with van der Waals surface area (Å²) in [6, 6.07) is 4.98. The van der Waals surface area contributed by atoms with Gasteiger partial charge in [-0.2, -0.15) is 26.3 Å². The fraction of sp³-hybridized carbons (Fsp3) is 0.483. The molecule has 3 aromatic rings. The quantitative estimate of drug-likeness (QED) is 0.331. The maximum atomic E-state index is 13.8. The van der Waals surface area contributed by atoms with Crippen molar-refractivity contribution >= 4 is 17.6 Å². The van der Waals surface area contributed by atoms with Crippen molar-refractivity contribution in [2.75, 3.05) is 32.1 Å². The molecule has 3 amide bonds. The minimum Gasteiger partial charge on any atom is -0.340 e. The van der Waals surface area contributed by atoms with Gasteiger partial charge in [-0.25, -0.2) is 13.9 Å². The molecule has 9 nitrogen and oxygen atoms in total. The third-order valence-corrected chi connectivity index (χ3v) is 8.73. The van der Waals surface area contributed by atoms with Crippen molar-refractivity contribution in [1.82, 2.24) is 30.0 Å². The van der Waals surface area contributed by atoms with E-state index in [2.05, 4.69) is 15.5 Å². The Morgan fingerprint density at radius 1 is 0.867 bits per heavy atom. The number of hydrogen-bond acceptors (Lipinski definition) is 5. The van der Waals surface area contributed by atoms with Gasteiger partial charge in [0, 0.05) is 44.7 Å². The van der Waals surface area contributed by atoms with Crippen LogP contribution in [0.25, 0.3) is 0 Å². The molecular formula is C29H30F7N7O2. The van der Waals surface area contributed by atoms with Gasteiger partial charge in [0.15, 0.2) is 0 Å². The molecule has 1 aliphatic carbocycles. The highest BCUT2D eigenvalue weighted by atomic mass is 19.4. The van der Waals surface area contributed by atoms with Gasteiger partial charge in [-0.15, -0.1) is 5.10 Å². The normalized spacial score (nSPS) is 22.4. The van der Waals surface area contributed by atoms with E-state index in [4.69, 9.17) is 0 Å². The molecule has 1 saturated heterocycles. The van der Waals surface area contributed by atoms with Crippen LogP contribution in [0.2, 0.25) is 0 Å². The highest BCUT2D eigenvalue weighted by Gasteiger charge is 2.43. The van der Waals surface area contributed by atoms with Crippen LogP contribution in [-0.4, -0.2) is 75.2 Å².